The molecule has 0 fully saturated rings. The zero-order valence-electron chi connectivity index (χ0n) is 12.8. The number of fused-ring (bicyclic) bond motifs is 2. The van der Waals surface area contributed by atoms with E-state index in [2.05, 4.69) is 5.32 Å². The van der Waals surface area contributed by atoms with Crippen molar-refractivity contribution in [2.45, 2.75) is 6.54 Å². The minimum absolute atomic E-state index is 0.0986. The van der Waals surface area contributed by atoms with Crippen LogP contribution < -0.4 is 14.8 Å². The van der Waals surface area contributed by atoms with E-state index in [-0.39, 0.29) is 18.3 Å². The van der Waals surface area contributed by atoms with Gasteiger partial charge in [0.15, 0.2) is 11.5 Å². The Morgan fingerprint density at radius 1 is 1.08 bits per heavy atom. The molecular weight excluding hydrogens is 311 g/mol. The second-order valence-corrected chi connectivity index (χ2v) is 5.55. The fourth-order valence-corrected chi connectivity index (χ4v) is 2.77. The van der Waals surface area contributed by atoms with E-state index < -0.39 is 0 Å². The average Bonchev–Trinajstić information content (AvgIpc) is 2.97. The van der Waals surface area contributed by atoms with E-state index in [9.17, 15) is 9.18 Å². The van der Waals surface area contributed by atoms with Crippen molar-refractivity contribution in [3.8, 4) is 11.5 Å². The first-order valence-corrected chi connectivity index (χ1v) is 7.63. The molecule has 4 rings (SSSR count). The van der Waals surface area contributed by atoms with Crippen molar-refractivity contribution < 1.29 is 18.7 Å². The summed E-state index contributed by atoms with van der Waals surface area (Å²) in [7, 11) is 0. The third-order valence-electron chi connectivity index (χ3n) is 3.88. The van der Waals surface area contributed by atoms with Gasteiger partial charge in [-0.1, -0.05) is 0 Å². The second kappa shape index (κ2) is 5.88. The molecule has 1 aromatic heterocycles. The number of hydrogen-bond acceptors (Lipinski definition) is 3. The van der Waals surface area contributed by atoms with Gasteiger partial charge in [0.1, 0.15) is 25.6 Å². The molecule has 2 heterocycles. The zero-order chi connectivity index (χ0) is 16.5. The lowest BCUT2D eigenvalue weighted by Crippen LogP contribution is -2.19. The normalized spacial score (nSPS) is 13.0. The zero-order valence-corrected chi connectivity index (χ0v) is 12.8. The molecule has 0 unspecified atom stereocenters. The molecule has 122 valence electrons. The lowest BCUT2D eigenvalue weighted by molar-refractivity contribution is -0.116. The van der Waals surface area contributed by atoms with Crippen molar-refractivity contribution in [2.75, 3.05) is 18.5 Å². The Morgan fingerprint density at radius 2 is 1.92 bits per heavy atom. The maximum Gasteiger partial charge on any atom is 0.244 e. The topological polar surface area (TPSA) is 52.5 Å². The maximum atomic E-state index is 13.4. The van der Waals surface area contributed by atoms with Crippen molar-refractivity contribution in [1.29, 1.82) is 0 Å². The minimum Gasteiger partial charge on any atom is -0.486 e. The van der Waals surface area contributed by atoms with Crippen LogP contribution in [0, 0.1) is 5.82 Å². The molecule has 1 amide bonds. The average molecular weight is 326 g/mol. The Hall–Kier alpha value is -3.02. The Labute approximate surface area is 137 Å². The van der Waals surface area contributed by atoms with E-state index in [0.29, 0.717) is 35.9 Å². The van der Waals surface area contributed by atoms with Crippen LogP contribution in [0.4, 0.5) is 10.1 Å². The van der Waals surface area contributed by atoms with Gasteiger partial charge in [0.2, 0.25) is 5.91 Å². The molecule has 0 spiro atoms. The van der Waals surface area contributed by atoms with E-state index in [1.165, 1.54) is 12.1 Å². The summed E-state index contributed by atoms with van der Waals surface area (Å²) in [5.41, 5.74) is 1.32. The smallest absolute Gasteiger partial charge is 0.244 e. The Balaban J connectivity index is 1.51. The number of hydrogen-bond donors (Lipinski definition) is 1. The molecule has 0 saturated carbocycles. The summed E-state index contributed by atoms with van der Waals surface area (Å²) in [5, 5.41) is 3.71. The number of nitrogens with one attached hydrogen (secondary N) is 1. The fourth-order valence-electron chi connectivity index (χ4n) is 2.77. The molecule has 24 heavy (non-hydrogen) atoms. The molecule has 1 aliphatic rings. The van der Waals surface area contributed by atoms with E-state index >= 15 is 0 Å². The molecule has 3 aromatic rings. The van der Waals surface area contributed by atoms with E-state index in [4.69, 9.17) is 9.47 Å². The Kier molecular flexibility index (Phi) is 3.57. The number of carbonyl (C=O) groups excluding carboxylic acids is 1. The second-order valence-electron chi connectivity index (χ2n) is 5.55. The van der Waals surface area contributed by atoms with E-state index in [1.807, 2.05) is 6.07 Å². The molecule has 5 nitrogen and oxygen atoms in total. The summed E-state index contributed by atoms with van der Waals surface area (Å²) in [4.78, 5) is 12.3. The summed E-state index contributed by atoms with van der Waals surface area (Å²) in [6.07, 6.45) is 1.77. The first-order chi connectivity index (χ1) is 11.7. The molecule has 0 saturated heterocycles. The van der Waals surface area contributed by atoms with Crippen LogP contribution >= 0.6 is 0 Å². The highest BCUT2D eigenvalue weighted by molar-refractivity contribution is 5.92. The number of halogens is 1. The standard InChI is InChI=1S/C18H15FN2O3/c19-13-2-1-12-5-6-21(15(12)9-13)11-18(22)20-14-3-4-16-17(10-14)24-8-7-23-16/h1-6,9-10H,7-8,11H2,(H,20,22). The van der Waals surface area contributed by atoms with Crippen LogP contribution in [0.1, 0.15) is 0 Å². The number of benzene rings is 2. The summed E-state index contributed by atoms with van der Waals surface area (Å²) in [6.45, 7) is 1.11. The summed E-state index contributed by atoms with van der Waals surface area (Å²) >= 11 is 0. The maximum absolute atomic E-state index is 13.4. The van der Waals surface area contributed by atoms with Crippen molar-refractivity contribution in [2.24, 2.45) is 0 Å². The molecule has 1 N–H and O–H groups in total. The van der Waals surface area contributed by atoms with E-state index in [1.54, 1.807) is 35.0 Å². The van der Waals surface area contributed by atoms with Crippen LogP contribution in [-0.4, -0.2) is 23.7 Å². The van der Waals surface area contributed by atoms with E-state index in [0.717, 1.165) is 5.39 Å². The Morgan fingerprint density at radius 3 is 2.79 bits per heavy atom. The van der Waals surface area contributed by atoms with Gasteiger partial charge in [0.05, 0.1) is 5.52 Å². The van der Waals surface area contributed by atoms with Crippen LogP contribution in [0.15, 0.2) is 48.7 Å². The number of aromatic nitrogens is 1. The van der Waals surface area contributed by atoms with Crippen LogP contribution in [0.2, 0.25) is 0 Å². The SMILES string of the molecule is O=C(Cn1ccc2ccc(F)cc21)Nc1ccc2c(c1)OCCO2. The quantitative estimate of drug-likeness (QED) is 0.804. The molecule has 2 aromatic carbocycles. The molecule has 0 atom stereocenters. The van der Waals surface area contributed by atoms with Crippen LogP contribution in [0.5, 0.6) is 11.5 Å². The summed E-state index contributed by atoms with van der Waals surface area (Å²) < 4.78 is 26.1. The first kappa shape index (κ1) is 14.6. The van der Waals surface area contributed by atoms with Gasteiger partial charge in [0, 0.05) is 18.0 Å². The molecule has 0 aliphatic carbocycles. The lowest BCUT2D eigenvalue weighted by Gasteiger charge is -2.19. The van der Waals surface area contributed by atoms with Gasteiger partial charge in [-0.2, -0.15) is 0 Å². The highest BCUT2D eigenvalue weighted by atomic mass is 19.1. The van der Waals surface area contributed by atoms with Gasteiger partial charge in [0.25, 0.3) is 0 Å². The molecule has 0 radical (unpaired) electrons. The minimum atomic E-state index is -0.324. The van der Waals surface area contributed by atoms with Gasteiger partial charge in [-0.25, -0.2) is 4.39 Å². The summed E-state index contributed by atoms with van der Waals surface area (Å²) in [5.74, 6) is 0.766. The monoisotopic (exact) mass is 326 g/mol. The van der Waals surface area contributed by atoms with Gasteiger partial charge < -0.3 is 19.4 Å². The van der Waals surface area contributed by atoms with Gasteiger partial charge in [-0.3, -0.25) is 4.79 Å². The third-order valence-corrected chi connectivity index (χ3v) is 3.88. The summed E-state index contributed by atoms with van der Waals surface area (Å²) in [6, 6.07) is 11.6. The van der Waals surface area contributed by atoms with Crippen molar-refractivity contribution >= 4 is 22.5 Å². The van der Waals surface area contributed by atoms with Gasteiger partial charge in [-0.05, 0) is 41.8 Å². The fraction of sp³-hybridized carbons (Fsp3) is 0.167. The van der Waals surface area contributed by atoms with Crippen molar-refractivity contribution in [1.82, 2.24) is 4.57 Å². The number of anilines is 1. The first-order valence-electron chi connectivity index (χ1n) is 7.63. The molecular formula is C18H15FN2O3. The highest BCUT2D eigenvalue weighted by Gasteiger charge is 2.13. The molecule has 0 bridgehead atoms. The number of amides is 1. The van der Waals surface area contributed by atoms with Crippen molar-refractivity contribution in [3.63, 3.8) is 0 Å². The number of carbonyl (C=O) groups is 1. The predicted octanol–water partition coefficient (Wildman–Crippen LogP) is 3.19. The Bertz CT molecular complexity index is 920. The van der Waals surface area contributed by atoms with Crippen LogP contribution in [0.3, 0.4) is 0 Å². The lowest BCUT2D eigenvalue weighted by atomic mass is 10.2. The largest absolute Gasteiger partial charge is 0.486 e. The molecule has 1 aliphatic heterocycles. The number of ether oxygens (including phenoxy) is 2. The number of rotatable bonds is 3. The third kappa shape index (κ3) is 2.78. The highest BCUT2D eigenvalue weighted by Crippen LogP contribution is 2.32. The van der Waals surface area contributed by atoms with Crippen LogP contribution in [-0.2, 0) is 11.3 Å². The predicted molar refractivity (Wildman–Crippen MR) is 88.0 cm³/mol. The number of nitrogens with zero attached hydrogens (tertiary/aromatic N) is 1. The van der Waals surface area contributed by atoms with Gasteiger partial charge >= 0.3 is 0 Å². The van der Waals surface area contributed by atoms with Crippen LogP contribution in [0.25, 0.3) is 10.9 Å². The van der Waals surface area contributed by atoms with Crippen molar-refractivity contribution in [3.05, 3.63) is 54.5 Å². The van der Waals surface area contributed by atoms with Gasteiger partial charge in [-0.15, -0.1) is 0 Å². The molecule has 6 heteroatoms.